The lowest BCUT2D eigenvalue weighted by molar-refractivity contribution is 0.303. The normalized spacial score (nSPS) is 11.0. The molecule has 0 aliphatic rings. The van der Waals surface area contributed by atoms with Crippen molar-refractivity contribution >= 4 is 11.0 Å². The second kappa shape index (κ2) is 7.24. The largest absolute Gasteiger partial charge is 0.494 e. The van der Waals surface area contributed by atoms with Crippen molar-refractivity contribution in [3.63, 3.8) is 0 Å². The zero-order chi connectivity index (χ0) is 16.1. The van der Waals surface area contributed by atoms with Crippen molar-refractivity contribution in [2.75, 3.05) is 6.61 Å². The summed E-state index contributed by atoms with van der Waals surface area (Å²) in [7, 11) is 0. The molecular weight excluding hydrogens is 293 g/mol. The molecule has 120 valence electrons. The number of benzene rings is 2. The number of rotatable bonds is 7. The van der Waals surface area contributed by atoms with E-state index in [2.05, 4.69) is 9.55 Å². The summed E-state index contributed by atoms with van der Waals surface area (Å²) in [4.78, 5) is 4.41. The lowest BCUT2D eigenvalue weighted by atomic mass is 10.3. The van der Waals surface area contributed by atoms with E-state index in [9.17, 15) is 4.39 Å². The van der Waals surface area contributed by atoms with E-state index in [1.54, 1.807) is 6.07 Å². The van der Waals surface area contributed by atoms with Crippen LogP contribution in [0.1, 0.15) is 18.7 Å². The van der Waals surface area contributed by atoms with E-state index < -0.39 is 0 Å². The molecule has 3 aromatic rings. The average molecular weight is 313 g/mol. The van der Waals surface area contributed by atoms with Crippen LogP contribution in [0.15, 0.2) is 48.5 Å². The van der Waals surface area contributed by atoms with Crippen LogP contribution in [-0.2, 0) is 13.1 Å². The number of aromatic nitrogens is 2. The van der Waals surface area contributed by atoms with Crippen molar-refractivity contribution in [1.82, 2.24) is 9.55 Å². The number of hydrogen-bond acceptors (Lipinski definition) is 3. The molecule has 23 heavy (non-hydrogen) atoms. The predicted octanol–water partition coefficient (Wildman–Crippen LogP) is 3.49. The zero-order valence-electron chi connectivity index (χ0n) is 12.9. The van der Waals surface area contributed by atoms with E-state index in [1.807, 2.05) is 30.3 Å². The number of imidazole rings is 1. The molecule has 1 heterocycles. The summed E-state index contributed by atoms with van der Waals surface area (Å²) in [5, 5.41) is 0. The summed E-state index contributed by atoms with van der Waals surface area (Å²) in [5.41, 5.74) is 7.34. The van der Waals surface area contributed by atoms with Crippen LogP contribution in [0.5, 0.6) is 5.75 Å². The number of nitrogens with two attached hydrogens (primary N) is 1. The SMILES string of the molecule is NCc1nc2cc(F)ccc2n1CCCCOc1ccccc1. The number of hydrogen-bond donors (Lipinski definition) is 1. The van der Waals surface area contributed by atoms with Crippen molar-refractivity contribution < 1.29 is 9.13 Å². The molecule has 4 nitrogen and oxygen atoms in total. The second-order valence-electron chi connectivity index (χ2n) is 5.39. The summed E-state index contributed by atoms with van der Waals surface area (Å²) in [6, 6.07) is 14.4. The summed E-state index contributed by atoms with van der Waals surface area (Å²) >= 11 is 0. The van der Waals surface area contributed by atoms with Crippen molar-refractivity contribution in [3.8, 4) is 5.75 Å². The third-order valence-electron chi connectivity index (χ3n) is 3.76. The van der Waals surface area contributed by atoms with E-state index in [0.717, 1.165) is 36.5 Å². The van der Waals surface area contributed by atoms with Gasteiger partial charge in [-0.3, -0.25) is 0 Å². The van der Waals surface area contributed by atoms with Gasteiger partial charge < -0.3 is 15.0 Å². The topological polar surface area (TPSA) is 53.1 Å². The van der Waals surface area contributed by atoms with Crippen LogP contribution in [0.4, 0.5) is 4.39 Å². The van der Waals surface area contributed by atoms with Crippen LogP contribution in [0.2, 0.25) is 0 Å². The average Bonchev–Trinajstić information content (AvgIpc) is 2.92. The van der Waals surface area contributed by atoms with Crippen LogP contribution in [0.25, 0.3) is 11.0 Å². The lowest BCUT2D eigenvalue weighted by Crippen LogP contribution is -2.09. The summed E-state index contributed by atoms with van der Waals surface area (Å²) in [5.74, 6) is 1.40. The van der Waals surface area contributed by atoms with Gasteiger partial charge in [-0.1, -0.05) is 18.2 Å². The molecular formula is C18H20FN3O. The highest BCUT2D eigenvalue weighted by Crippen LogP contribution is 2.18. The Hall–Kier alpha value is -2.40. The molecule has 5 heteroatoms. The lowest BCUT2D eigenvalue weighted by Gasteiger charge is -2.09. The molecule has 0 saturated carbocycles. The Morgan fingerprint density at radius 2 is 1.91 bits per heavy atom. The minimum Gasteiger partial charge on any atom is -0.494 e. The van der Waals surface area contributed by atoms with Crippen LogP contribution >= 0.6 is 0 Å². The maximum atomic E-state index is 13.3. The molecule has 0 fully saturated rings. The van der Waals surface area contributed by atoms with Crippen LogP contribution in [0.3, 0.4) is 0 Å². The van der Waals surface area contributed by atoms with E-state index in [0.29, 0.717) is 18.7 Å². The Morgan fingerprint density at radius 3 is 2.70 bits per heavy atom. The molecule has 1 aromatic heterocycles. The van der Waals surface area contributed by atoms with Gasteiger partial charge in [-0.15, -0.1) is 0 Å². The van der Waals surface area contributed by atoms with Gasteiger partial charge in [-0.05, 0) is 37.1 Å². The Bertz CT molecular complexity index is 771. The fourth-order valence-electron chi connectivity index (χ4n) is 2.64. The first-order valence-electron chi connectivity index (χ1n) is 7.80. The number of unbranched alkanes of at least 4 members (excludes halogenated alkanes) is 1. The number of ether oxygens (including phenoxy) is 1. The Morgan fingerprint density at radius 1 is 1.09 bits per heavy atom. The summed E-state index contributed by atoms with van der Waals surface area (Å²) < 4.78 is 21.1. The fraction of sp³-hybridized carbons (Fsp3) is 0.278. The summed E-state index contributed by atoms with van der Waals surface area (Å²) in [6.45, 7) is 1.81. The predicted molar refractivity (Wildman–Crippen MR) is 88.8 cm³/mol. The minimum absolute atomic E-state index is 0.276. The van der Waals surface area contributed by atoms with E-state index in [-0.39, 0.29) is 5.82 Å². The van der Waals surface area contributed by atoms with Crippen molar-refractivity contribution in [2.45, 2.75) is 25.9 Å². The number of aryl methyl sites for hydroxylation is 1. The van der Waals surface area contributed by atoms with Crippen molar-refractivity contribution in [2.24, 2.45) is 5.73 Å². The standard InChI is InChI=1S/C18H20FN3O/c19-14-8-9-17-16(12-14)21-18(13-20)22(17)10-4-5-11-23-15-6-2-1-3-7-15/h1-3,6-9,12H,4-5,10-11,13,20H2. The molecule has 3 rings (SSSR count). The maximum absolute atomic E-state index is 13.3. The highest BCUT2D eigenvalue weighted by Gasteiger charge is 2.09. The highest BCUT2D eigenvalue weighted by molar-refractivity contribution is 5.76. The third-order valence-corrected chi connectivity index (χ3v) is 3.76. The van der Waals surface area contributed by atoms with E-state index in [4.69, 9.17) is 10.5 Å². The highest BCUT2D eigenvalue weighted by atomic mass is 19.1. The van der Waals surface area contributed by atoms with Gasteiger partial charge in [-0.2, -0.15) is 0 Å². The molecule has 0 radical (unpaired) electrons. The molecule has 0 saturated heterocycles. The number of halogens is 1. The van der Waals surface area contributed by atoms with Crippen LogP contribution < -0.4 is 10.5 Å². The fourth-order valence-corrected chi connectivity index (χ4v) is 2.64. The van der Waals surface area contributed by atoms with Gasteiger partial charge in [0.1, 0.15) is 17.4 Å². The van der Waals surface area contributed by atoms with Gasteiger partial charge in [0.25, 0.3) is 0 Å². The smallest absolute Gasteiger partial charge is 0.125 e. The third kappa shape index (κ3) is 3.68. The first-order chi connectivity index (χ1) is 11.3. The molecule has 2 aromatic carbocycles. The Labute approximate surface area is 134 Å². The maximum Gasteiger partial charge on any atom is 0.125 e. The number of para-hydroxylation sites is 1. The van der Waals surface area contributed by atoms with Gasteiger partial charge in [0.15, 0.2) is 0 Å². The van der Waals surface area contributed by atoms with Gasteiger partial charge in [0.05, 0.1) is 24.2 Å². The summed E-state index contributed by atoms with van der Waals surface area (Å²) in [6.07, 6.45) is 1.88. The monoisotopic (exact) mass is 313 g/mol. The number of fused-ring (bicyclic) bond motifs is 1. The molecule has 0 aliphatic heterocycles. The molecule has 0 aliphatic carbocycles. The Kier molecular flexibility index (Phi) is 4.88. The van der Waals surface area contributed by atoms with Crippen LogP contribution in [-0.4, -0.2) is 16.2 Å². The van der Waals surface area contributed by atoms with Gasteiger partial charge in [0.2, 0.25) is 0 Å². The number of nitrogens with zero attached hydrogens (tertiary/aromatic N) is 2. The first kappa shape index (κ1) is 15.5. The van der Waals surface area contributed by atoms with Gasteiger partial charge in [-0.25, -0.2) is 9.37 Å². The van der Waals surface area contributed by atoms with Crippen LogP contribution in [0, 0.1) is 5.82 Å². The molecule has 2 N–H and O–H groups in total. The van der Waals surface area contributed by atoms with Gasteiger partial charge in [0, 0.05) is 12.6 Å². The molecule has 0 amide bonds. The first-order valence-corrected chi connectivity index (χ1v) is 7.80. The van der Waals surface area contributed by atoms with E-state index >= 15 is 0 Å². The second-order valence-corrected chi connectivity index (χ2v) is 5.39. The molecule has 0 unspecified atom stereocenters. The zero-order valence-corrected chi connectivity index (χ0v) is 12.9. The van der Waals surface area contributed by atoms with Gasteiger partial charge >= 0.3 is 0 Å². The molecule has 0 atom stereocenters. The van der Waals surface area contributed by atoms with E-state index in [1.165, 1.54) is 12.1 Å². The van der Waals surface area contributed by atoms with Crippen molar-refractivity contribution in [3.05, 3.63) is 60.2 Å². The quantitative estimate of drug-likeness (QED) is 0.679. The molecule has 0 spiro atoms. The van der Waals surface area contributed by atoms with Crippen molar-refractivity contribution in [1.29, 1.82) is 0 Å². The minimum atomic E-state index is -0.276. The Balaban J connectivity index is 1.58. The molecule has 0 bridgehead atoms.